The minimum atomic E-state index is 0.735. The quantitative estimate of drug-likeness (QED) is 0.897. The summed E-state index contributed by atoms with van der Waals surface area (Å²) >= 11 is 5.42. The van der Waals surface area contributed by atoms with Crippen LogP contribution in [-0.4, -0.2) is 30.1 Å². The van der Waals surface area contributed by atoms with Crippen molar-refractivity contribution in [2.75, 3.05) is 13.1 Å². The molecule has 1 aromatic heterocycles. The van der Waals surface area contributed by atoms with Gasteiger partial charge in [0.1, 0.15) is 0 Å². The van der Waals surface area contributed by atoms with E-state index < -0.39 is 0 Å². The van der Waals surface area contributed by atoms with E-state index in [1.54, 1.807) is 0 Å². The Balaban J connectivity index is 1.59. The van der Waals surface area contributed by atoms with Crippen LogP contribution in [0.3, 0.4) is 0 Å². The third-order valence-corrected chi connectivity index (χ3v) is 5.28. The maximum absolute atomic E-state index is 3.61. The molecule has 2 aliphatic rings. The lowest BCUT2D eigenvalue weighted by atomic mass is 10.2. The van der Waals surface area contributed by atoms with E-state index in [4.69, 9.17) is 0 Å². The monoisotopic (exact) mass is 314 g/mol. The number of halogens is 1. The SMILES string of the molecule is Brc1ccc(CN(CC2CCCN2)C2CC2)s1. The Morgan fingerprint density at radius 2 is 2.24 bits per heavy atom. The van der Waals surface area contributed by atoms with Crippen LogP contribution < -0.4 is 5.32 Å². The number of hydrogen-bond acceptors (Lipinski definition) is 3. The van der Waals surface area contributed by atoms with E-state index in [-0.39, 0.29) is 0 Å². The highest BCUT2D eigenvalue weighted by Gasteiger charge is 2.31. The van der Waals surface area contributed by atoms with Crippen LogP contribution in [-0.2, 0) is 6.54 Å². The molecule has 17 heavy (non-hydrogen) atoms. The van der Waals surface area contributed by atoms with Crippen LogP contribution in [0.15, 0.2) is 15.9 Å². The van der Waals surface area contributed by atoms with Crippen molar-refractivity contribution in [2.24, 2.45) is 0 Å². The molecular weight excluding hydrogens is 296 g/mol. The zero-order chi connectivity index (χ0) is 11.7. The first kappa shape index (κ1) is 12.2. The van der Waals surface area contributed by atoms with E-state index in [0.717, 1.165) is 18.6 Å². The van der Waals surface area contributed by atoms with Crippen molar-refractivity contribution in [1.29, 1.82) is 0 Å². The van der Waals surface area contributed by atoms with E-state index in [2.05, 4.69) is 38.3 Å². The number of thiophene rings is 1. The maximum atomic E-state index is 3.61. The molecule has 1 aromatic rings. The molecule has 3 rings (SSSR count). The Morgan fingerprint density at radius 1 is 1.35 bits per heavy atom. The summed E-state index contributed by atoms with van der Waals surface area (Å²) in [5.41, 5.74) is 0. The fourth-order valence-electron chi connectivity index (χ4n) is 2.61. The molecule has 1 N–H and O–H groups in total. The molecule has 0 bridgehead atoms. The van der Waals surface area contributed by atoms with Gasteiger partial charge in [0.25, 0.3) is 0 Å². The average Bonchev–Trinajstić information content (AvgIpc) is 2.89. The van der Waals surface area contributed by atoms with Crippen LogP contribution in [0.1, 0.15) is 30.6 Å². The lowest BCUT2D eigenvalue weighted by Gasteiger charge is -2.24. The van der Waals surface area contributed by atoms with E-state index in [1.807, 2.05) is 11.3 Å². The highest BCUT2D eigenvalue weighted by molar-refractivity contribution is 9.11. The Hall–Kier alpha value is 0.1000. The number of hydrogen-bond donors (Lipinski definition) is 1. The van der Waals surface area contributed by atoms with Crippen molar-refractivity contribution in [3.8, 4) is 0 Å². The molecule has 0 spiro atoms. The third kappa shape index (κ3) is 3.31. The number of nitrogens with one attached hydrogen (secondary N) is 1. The van der Waals surface area contributed by atoms with Gasteiger partial charge in [-0.2, -0.15) is 0 Å². The molecule has 2 heterocycles. The minimum absolute atomic E-state index is 0.735. The van der Waals surface area contributed by atoms with Crippen LogP contribution in [0.5, 0.6) is 0 Å². The summed E-state index contributed by atoms with van der Waals surface area (Å²) in [5.74, 6) is 0. The third-order valence-electron chi connectivity index (χ3n) is 3.67. The second kappa shape index (κ2) is 5.39. The summed E-state index contributed by atoms with van der Waals surface area (Å²) in [6.07, 6.45) is 5.52. The molecule has 1 aliphatic carbocycles. The summed E-state index contributed by atoms with van der Waals surface area (Å²) < 4.78 is 1.25. The van der Waals surface area contributed by atoms with Crippen LogP contribution in [0.25, 0.3) is 0 Å². The molecule has 2 fully saturated rings. The summed E-state index contributed by atoms with van der Waals surface area (Å²) in [6.45, 7) is 3.59. The van der Waals surface area contributed by atoms with Gasteiger partial charge in [0, 0.05) is 30.1 Å². The Bertz CT molecular complexity index is 369. The van der Waals surface area contributed by atoms with Gasteiger partial charge in [-0.05, 0) is 60.3 Å². The molecule has 0 aromatic carbocycles. The molecule has 1 aliphatic heterocycles. The fraction of sp³-hybridized carbons (Fsp3) is 0.692. The number of rotatable bonds is 5. The summed E-state index contributed by atoms with van der Waals surface area (Å²) in [5, 5.41) is 3.61. The van der Waals surface area contributed by atoms with Gasteiger partial charge in [-0.3, -0.25) is 4.90 Å². The molecule has 1 saturated heterocycles. The van der Waals surface area contributed by atoms with Crippen molar-refractivity contribution in [2.45, 2.75) is 44.3 Å². The van der Waals surface area contributed by atoms with Gasteiger partial charge >= 0.3 is 0 Å². The first-order valence-electron chi connectivity index (χ1n) is 6.53. The lowest BCUT2D eigenvalue weighted by Crippen LogP contribution is -2.38. The first-order valence-corrected chi connectivity index (χ1v) is 8.14. The number of nitrogens with zero attached hydrogens (tertiary/aromatic N) is 1. The second-order valence-corrected chi connectivity index (χ2v) is 7.71. The van der Waals surface area contributed by atoms with Gasteiger partial charge in [0.2, 0.25) is 0 Å². The standard InChI is InChI=1S/C13H19BrN2S/c14-13-6-5-12(17-13)9-16(11-3-4-11)8-10-2-1-7-15-10/h5-6,10-11,15H,1-4,7-9H2. The van der Waals surface area contributed by atoms with E-state index >= 15 is 0 Å². The Kier molecular flexibility index (Phi) is 3.85. The van der Waals surface area contributed by atoms with Crippen molar-refractivity contribution >= 4 is 27.3 Å². The molecule has 4 heteroatoms. The smallest absolute Gasteiger partial charge is 0.0701 e. The predicted molar refractivity (Wildman–Crippen MR) is 76.5 cm³/mol. The van der Waals surface area contributed by atoms with Gasteiger partial charge in [-0.15, -0.1) is 11.3 Å². The lowest BCUT2D eigenvalue weighted by molar-refractivity contribution is 0.233. The molecule has 1 saturated carbocycles. The minimum Gasteiger partial charge on any atom is -0.313 e. The molecule has 2 nitrogen and oxygen atoms in total. The van der Waals surface area contributed by atoms with Crippen LogP contribution >= 0.6 is 27.3 Å². The molecule has 1 unspecified atom stereocenters. The van der Waals surface area contributed by atoms with Gasteiger partial charge in [0.05, 0.1) is 3.79 Å². The normalized spacial score (nSPS) is 24.7. The predicted octanol–water partition coefficient (Wildman–Crippen LogP) is 3.23. The van der Waals surface area contributed by atoms with Crippen molar-refractivity contribution < 1.29 is 0 Å². The topological polar surface area (TPSA) is 15.3 Å². The Labute approximate surface area is 116 Å². The first-order chi connectivity index (χ1) is 8.31. The highest BCUT2D eigenvalue weighted by atomic mass is 79.9. The summed E-state index contributed by atoms with van der Waals surface area (Å²) in [6, 6.07) is 6.02. The van der Waals surface area contributed by atoms with Crippen LogP contribution in [0, 0.1) is 0 Å². The molecular formula is C13H19BrN2S. The maximum Gasteiger partial charge on any atom is 0.0701 e. The summed E-state index contributed by atoms with van der Waals surface area (Å²) in [7, 11) is 0. The van der Waals surface area contributed by atoms with Crippen molar-refractivity contribution in [3.05, 3.63) is 20.8 Å². The van der Waals surface area contributed by atoms with Crippen LogP contribution in [0.2, 0.25) is 0 Å². The van der Waals surface area contributed by atoms with Crippen molar-refractivity contribution in [1.82, 2.24) is 10.2 Å². The molecule has 0 amide bonds. The zero-order valence-corrected chi connectivity index (χ0v) is 12.4. The van der Waals surface area contributed by atoms with Crippen molar-refractivity contribution in [3.63, 3.8) is 0 Å². The second-order valence-electron chi connectivity index (χ2n) is 5.16. The zero-order valence-electron chi connectivity index (χ0n) is 9.99. The van der Waals surface area contributed by atoms with Gasteiger partial charge in [-0.25, -0.2) is 0 Å². The molecule has 0 radical (unpaired) electrons. The molecule has 94 valence electrons. The molecule has 1 atom stereocenters. The van der Waals surface area contributed by atoms with Gasteiger partial charge in [0.15, 0.2) is 0 Å². The summed E-state index contributed by atoms with van der Waals surface area (Å²) in [4.78, 5) is 4.17. The van der Waals surface area contributed by atoms with E-state index in [9.17, 15) is 0 Å². The van der Waals surface area contributed by atoms with E-state index in [1.165, 1.54) is 47.4 Å². The fourth-order valence-corrected chi connectivity index (χ4v) is 4.12. The Morgan fingerprint density at radius 3 is 2.82 bits per heavy atom. The largest absolute Gasteiger partial charge is 0.313 e. The van der Waals surface area contributed by atoms with Crippen LogP contribution in [0.4, 0.5) is 0 Å². The highest BCUT2D eigenvalue weighted by Crippen LogP contribution is 2.31. The van der Waals surface area contributed by atoms with Gasteiger partial charge < -0.3 is 5.32 Å². The van der Waals surface area contributed by atoms with Gasteiger partial charge in [-0.1, -0.05) is 0 Å². The average molecular weight is 315 g/mol. The van der Waals surface area contributed by atoms with E-state index in [0.29, 0.717) is 0 Å².